The first kappa shape index (κ1) is 24.9. The minimum Gasteiger partial charge on any atom is -0.392 e. The number of rotatable bonds is 6. The minimum atomic E-state index is -1.49. The molecule has 0 aromatic carbocycles. The maximum Gasteiger partial charge on any atom is 0.144 e. The van der Waals surface area contributed by atoms with Gasteiger partial charge in [0.05, 0.1) is 30.5 Å². The molecule has 10 heteroatoms. The van der Waals surface area contributed by atoms with Gasteiger partial charge in [-0.2, -0.15) is 0 Å². The molecule has 7 aliphatic rings. The molecule has 0 amide bonds. The molecule has 2 unspecified atom stereocenters. The van der Waals surface area contributed by atoms with E-state index < -0.39 is 46.5 Å². The zero-order valence-corrected chi connectivity index (χ0v) is 21.4. The molecule has 0 aromatic rings. The normalized spacial score (nSPS) is 60.6. The lowest BCUT2D eigenvalue weighted by Gasteiger charge is -2.71. The molecule has 1 spiro atoms. The average Bonchev–Trinajstić information content (AvgIpc) is 2.91. The number of fused-ring (bicyclic) bond motifs is 2. The van der Waals surface area contributed by atoms with Gasteiger partial charge in [0.25, 0.3) is 0 Å². The number of hydrogen-bond acceptors (Lipinski definition) is 10. The van der Waals surface area contributed by atoms with Crippen molar-refractivity contribution in [2.75, 3.05) is 48.1 Å². The third kappa shape index (κ3) is 2.60. The van der Waals surface area contributed by atoms with Crippen LogP contribution in [0, 0.1) is 34.5 Å². The number of aliphatic hydroxyl groups is 4. The van der Waals surface area contributed by atoms with Gasteiger partial charge in [-0.1, -0.05) is 6.92 Å². The molecule has 4 aliphatic carbocycles. The number of piperidine rings is 2. The van der Waals surface area contributed by atoms with Crippen LogP contribution < -0.4 is 5.32 Å². The van der Waals surface area contributed by atoms with Gasteiger partial charge in [-0.25, -0.2) is 0 Å². The van der Waals surface area contributed by atoms with Gasteiger partial charge in [-0.15, -0.1) is 0 Å². The summed E-state index contributed by atoms with van der Waals surface area (Å²) in [6.45, 7) is 3.83. The molecule has 7 fully saturated rings. The standard InChI is InChI=1S/C25H42N2O8/c1-6-27-10-22(11-32-2)13(28)7-14(33-3)25-12-8-24(31)15(34-4)9-23(30,16(12)21(29)26-24)17(20(25)27)18(35-5)19(22)25/h12-21,26,28-31H,6-11H2,1-5H3/t12-,13-,14+,15+,16-,17+,18+,19+,20?,21?,22-,23-,24+,25+/m1/s1. The van der Waals surface area contributed by atoms with Crippen LogP contribution >= 0.6 is 0 Å². The van der Waals surface area contributed by atoms with E-state index in [4.69, 9.17) is 18.9 Å². The summed E-state index contributed by atoms with van der Waals surface area (Å²) >= 11 is 0. The number of aliphatic hydroxyl groups excluding tert-OH is 2. The lowest BCUT2D eigenvalue weighted by atomic mass is 9.41. The van der Waals surface area contributed by atoms with Crippen LogP contribution in [0.15, 0.2) is 0 Å². The minimum absolute atomic E-state index is 0.0960. The van der Waals surface area contributed by atoms with Crippen molar-refractivity contribution < 1.29 is 39.4 Å². The number of nitrogens with one attached hydrogen (secondary N) is 1. The molecule has 3 saturated heterocycles. The number of methoxy groups -OCH3 is 4. The van der Waals surface area contributed by atoms with Crippen molar-refractivity contribution >= 4 is 0 Å². The van der Waals surface area contributed by atoms with E-state index in [2.05, 4.69) is 17.1 Å². The van der Waals surface area contributed by atoms with Crippen molar-refractivity contribution in [2.45, 2.75) is 74.2 Å². The topological polar surface area (TPSA) is 133 Å². The highest BCUT2D eigenvalue weighted by Gasteiger charge is 2.87. The van der Waals surface area contributed by atoms with Gasteiger partial charge in [-0.05, 0) is 18.9 Å². The van der Waals surface area contributed by atoms with Crippen LogP contribution in [0.4, 0.5) is 0 Å². The van der Waals surface area contributed by atoms with Crippen molar-refractivity contribution in [3.63, 3.8) is 0 Å². The first-order valence-electron chi connectivity index (χ1n) is 13.0. The van der Waals surface area contributed by atoms with Gasteiger partial charge in [-0.3, -0.25) is 10.2 Å². The number of likely N-dealkylation sites (tertiary alicyclic amines) is 1. The molecule has 35 heavy (non-hydrogen) atoms. The fourth-order valence-electron chi connectivity index (χ4n) is 10.8. The second kappa shape index (κ2) is 7.81. The van der Waals surface area contributed by atoms with Crippen LogP contribution in [0.3, 0.4) is 0 Å². The zero-order chi connectivity index (χ0) is 25.1. The Morgan fingerprint density at radius 1 is 0.971 bits per heavy atom. The molecular formula is C25H42N2O8. The molecule has 10 nitrogen and oxygen atoms in total. The van der Waals surface area contributed by atoms with Crippen molar-refractivity contribution in [1.29, 1.82) is 0 Å². The summed E-state index contributed by atoms with van der Waals surface area (Å²) in [5.41, 5.74) is -4.05. The molecule has 3 aliphatic heterocycles. The van der Waals surface area contributed by atoms with Gasteiger partial charge in [0.2, 0.25) is 0 Å². The number of nitrogens with zero attached hydrogens (tertiary/aromatic N) is 1. The second-order valence-corrected chi connectivity index (χ2v) is 12.1. The molecule has 200 valence electrons. The number of ether oxygens (including phenoxy) is 4. The zero-order valence-electron chi connectivity index (χ0n) is 21.4. The molecule has 4 saturated carbocycles. The Morgan fingerprint density at radius 2 is 1.69 bits per heavy atom. The maximum atomic E-state index is 12.7. The number of hydrogen-bond donors (Lipinski definition) is 5. The molecule has 14 atom stereocenters. The van der Waals surface area contributed by atoms with Gasteiger partial charge >= 0.3 is 0 Å². The Balaban J connectivity index is 1.68. The summed E-state index contributed by atoms with van der Waals surface area (Å²) < 4.78 is 24.1. The first-order chi connectivity index (χ1) is 16.6. The predicted molar refractivity (Wildman–Crippen MR) is 123 cm³/mol. The summed E-state index contributed by atoms with van der Waals surface area (Å²) in [5, 5.41) is 50.7. The van der Waals surface area contributed by atoms with E-state index in [1.807, 2.05) is 0 Å². The van der Waals surface area contributed by atoms with E-state index in [0.29, 0.717) is 26.0 Å². The monoisotopic (exact) mass is 498 g/mol. The molecular weight excluding hydrogens is 456 g/mol. The lowest BCUT2D eigenvalue weighted by Crippen LogP contribution is -2.80. The smallest absolute Gasteiger partial charge is 0.144 e. The van der Waals surface area contributed by atoms with Crippen molar-refractivity contribution in [3.8, 4) is 0 Å². The summed E-state index contributed by atoms with van der Waals surface area (Å²) in [7, 11) is 6.59. The highest BCUT2D eigenvalue weighted by Crippen LogP contribution is 2.78. The van der Waals surface area contributed by atoms with Crippen molar-refractivity contribution in [3.05, 3.63) is 0 Å². The SMILES string of the molecule is CCN1C[C@@]2(COC)[C@H](O)C[C@H](OC)[C@]34C1[C@H]([C@H](OC)[C@@H]23)[C@@]1(O)C[C@H](OC)[C@@]2(O)C[C@@H]4[C@@H]1C(O)N2. The molecule has 9 bridgehead atoms. The van der Waals surface area contributed by atoms with E-state index >= 15 is 0 Å². The summed E-state index contributed by atoms with van der Waals surface area (Å²) in [5.74, 6) is -1.38. The van der Waals surface area contributed by atoms with Crippen molar-refractivity contribution in [2.24, 2.45) is 34.5 Å². The largest absolute Gasteiger partial charge is 0.392 e. The van der Waals surface area contributed by atoms with E-state index in [9.17, 15) is 20.4 Å². The third-order valence-electron chi connectivity index (χ3n) is 11.4. The fourth-order valence-corrected chi connectivity index (χ4v) is 10.8. The van der Waals surface area contributed by atoms with Crippen LogP contribution in [-0.4, -0.2) is 121 Å². The average molecular weight is 499 g/mol. The molecule has 0 radical (unpaired) electrons. The quantitative estimate of drug-likeness (QED) is 0.302. The maximum absolute atomic E-state index is 12.7. The molecule has 3 heterocycles. The van der Waals surface area contributed by atoms with Gasteiger partial charge < -0.3 is 39.4 Å². The Bertz CT molecular complexity index is 865. The Hall–Kier alpha value is -0.400. The van der Waals surface area contributed by atoms with E-state index in [-0.39, 0.29) is 42.4 Å². The summed E-state index contributed by atoms with van der Waals surface area (Å²) in [4.78, 5) is 2.38. The van der Waals surface area contributed by atoms with Crippen LogP contribution in [0.25, 0.3) is 0 Å². The summed E-state index contributed by atoms with van der Waals surface area (Å²) in [6, 6.07) is -0.0960. The highest BCUT2D eigenvalue weighted by molar-refractivity contribution is 5.36. The molecule has 7 rings (SSSR count). The Kier molecular flexibility index (Phi) is 5.56. The van der Waals surface area contributed by atoms with Gasteiger partial charge in [0, 0.05) is 82.5 Å². The Morgan fingerprint density at radius 3 is 2.29 bits per heavy atom. The third-order valence-corrected chi connectivity index (χ3v) is 11.4. The van der Waals surface area contributed by atoms with E-state index in [1.165, 1.54) is 0 Å². The highest BCUT2D eigenvalue weighted by atomic mass is 16.5. The van der Waals surface area contributed by atoms with Gasteiger partial charge in [0.1, 0.15) is 18.1 Å². The van der Waals surface area contributed by atoms with Crippen molar-refractivity contribution in [1.82, 2.24) is 10.2 Å². The second-order valence-electron chi connectivity index (χ2n) is 12.1. The molecule has 0 aromatic heterocycles. The van der Waals surface area contributed by atoms with Crippen LogP contribution in [0.1, 0.15) is 26.2 Å². The van der Waals surface area contributed by atoms with E-state index in [1.54, 1.807) is 28.4 Å². The van der Waals surface area contributed by atoms with E-state index in [0.717, 1.165) is 6.54 Å². The first-order valence-corrected chi connectivity index (χ1v) is 13.0. The van der Waals surface area contributed by atoms with Crippen LogP contribution in [0.5, 0.6) is 0 Å². The predicted octanol–water partition coefficient (Wildman–Crippen LogP) is -1.25. The van der Waals surface area contributed by atoms with Gasteiger partial charge in [0.15, 0.2) is 0 Å². The Labute approximate surface area is 206 Å². The molecule has 5 N–H and O–H groups in total. The summed E-state index contributed by atoms with van der Waals surface area (Å²) in [6.07, 6.45) is -2.28. The van der Waals surface area contributed by atoms with Crippen LogP contribution in [-0.2, 0) is 18.9 Å². The lowest BCUT2D eigenvalue weighted by molar-refractivity contribution is -0.312. The fraction of sp³-hybridized carbons (Fsp3) is 1.00. The van der Waals surface area contributed by atoms with Crippen LogP contribution in [0.2, 0.25) is 0 Å².